The standard InChI is InChI=1S/C15H14N2O3S/c1-2-11-7-8-14(18)13(9-11)17-21(19,20)15-6-4-3-5-12(15)10-16/h3-9,17-18H,2H2,1H3. The SMILES string of the molecule is CCc1ccc(O)c(NS(=O)(=O)c2ccccc2C#N)c1. The third-order valence-corrected chi connectivity index (χ3v) is 4.43. The van der Waals surface area contributed by atoms with Crippen LogP contribution in [0.15, 0.2) is 47.4 Å². The molecule has 0 amide bonds. The number of nitriles is 1. The van der Waals surface area contributed by atoms with Crippen molar-refractivity contribution < 1.29 is 13.5 Å². The van der Waals surface area contributed by atoms with Crippen molar-refractivity contribution in [3.63, 3.8) is 0 Å². The predicted octanol–water partition coefficient (Wildman–Crippen LogP) is 2.63. The van der Waals surface area contributed by atoms with Crippen LogP contribution in [-0.2, 0) is 16.4 Å². The van der Waals surface area contributed by atoms with E-state index in [-0.39, 0.29) is 21.9 Å². The van der Waals surface area contributed by atoms with E-state index in [1.807, 2.05) is 13.0 Å². The summed E-state index contributed by atoms with van der Waals surface area (Å²) in [4.78, 5) is -0.117. The molecule has 0 saturated carbocycles. The lowest BCUT2D eigenvalue weighted by molar-refractivity contribution is 0.477. The number of hydrogen-bond acceptors (Lipinski definition) is 4. The fraction of sp³-hybridized carbons (Fsp3) is 0.133. The lowest BCUT2D eigenvalue weighted by atomic mass is 10.1. The summed E-state index contributed by atoms with van der Waals surface area (Å²) in [7, 11) is -3.94. The van der Waals surface area contributed by atoms with Crippen LogP contribution in [0.1, 0.15) is 18.1 Å². The van der Waals surface area contributed by atoms with E-state index in [4.69, 9.17) is 5.26 Å². The van der Waals surface area contributed by atoms with Crippen molar-refractivity contribution in [1.82, 2.24) is 0 Å². The van der Waals surface area contributed by atoms with Gasteiger partial charge in [-0.15, -0.1) is 0 Å². The first-order valence-electron chi connectivity index (χ1n) is 6.31. The quantitative estimate of drug-likeness (QED) is 0.849. The summed E-state index contributed by atoms with van der Waals surface area (Å²) < 4.78 is 27.0. The van der Waals surface area contributed by atoms with E-state index in [9.17, 15) is 13.5 Å². The van der Waals surface area contributed by atoms with Crippen molar-refractivity contribution in [2.24, 2.45) is 0 Å². The lowest BCUT2D eigenvalue weighted by Gasteiger charge is -2.11. The van der Waals surface area contributed by atoms with Gasteiger partial charge in [-0.3, -0.25) is 4.72 Å². The van der Waals surface area contributed by atoms with E-state index >= 15 is 0 Å². The zero-order valence-electron chi connectivity index (χ0n) is 11.4. The molecule has 2 rings (SSSR count). The molecule has 0 radical (unpaired) electrons. The Morgan fingerprint density at radius 3 is 2.62 bits per heavy atom. The summed E-state index contributed by atoms with van der Waals surface area (Å²) in [5, 5.41) is 18.8. The molecule has 0 spiro atoms. The molecule has 2 N–H and O–H groups in total. The molecular weight excluding hydrogens is 288 g/mol. The zero-order valence-corrected chi connectivity index (χ0v) is 12.2. The minimum atomic E-state index is -3.94. The highest BCUT2D eigenvalue weighted by Crippen LogP contribution is 2.27. The largest absolute Gasteiger partial charge is 0.506 e. The molecule has 2 aromatic carbocycles. The molecule has 21 heavy (non-hydrogen) atoms. The van der Waals surface area contributed by atoms with Crippen LogP contribution in [0.5, 0.6) is 5.75 Å². The first-order chi connectivity index (χ1) is 9.97. The first-order valence-corrected chi connectivity index (χ1v) is 7.80. The van der Waals surface area contributed by atoms with Crippen LogP contribution >= 0.6 is 0 Å². The van der Waals surface area contributed by atoms with Crippen molar-refractivity contribution in [3.8, 4) is 11.8 Å². The van der Waals surface area contributed by atoms with Gasteiger partial charge in [0.1, 0.15) is 16.7 Å². The highest BCUT2D eigenvalue weighted by Gasteiger charge is 2.19. The molecule has 0 bridgehead atoms. The van der Waals surface area contributed by atoms with Gasteiger partial charge in [-0.25, -0.2) is 8.42 Å². The van der Waals surface area contributed by atoms with Crippen LogP contribution in [-0.4, -0.2) is 13.5 Å². The van der Waals surface area contributed by atoms with Crippen LogP contribution in [0.3, 0.4) is 0 Å². The third-order valence-electron chi connectivity index (χ3n) is 3.01. The molecule has 0 fully saturated rings. The van der Waals surface area contributed by atoms with Crippen molar-refractivity contribution in [1.29, 1.82) is 5.26 Å². The van der Waals surface area contributed by atoms with Crippen LogP contribution in [0, 0.1) is 11.3 Å². The fourth-order valence-electron chi connectivity index (χ4n) is 1.88. The first kappa shape index (κ1) is 14.9. The predicted molar refractivity (Wildman–Crippen MR) is 79.5 cm³/mol. The average Bonchev–Trinajstić information content (AvgIpc) is 2.49. The Bertz CT molecular complexity index is 808. The molecule has 108 valence electrons. The van der Waals surface area contributed by atoms with E-state index in [1.165, 1.54) is 24.3 Å². The van der Waals surface area contributed by atoms with Crippen molar-refractivity contribution in [3.05, 3.63) is 53.6 Å². The van der Waals surface area contributed by atoms with Gasteiger partial charge in [-0.05, 0) is 36.2 Å². The second-order valence-corrected chi connectivity index (χ2v) is 6.07. The average molecular weight is 302 g/mol. The van der Waals surface area contributed by atoms with Gasteiger partial charge < -0.3 is 5.11 Å². The Hall–Kier alpha value is -2.52. The molecule has 5 nitrogen and oxygen atoms in total. The molecule has 0 heterocycles. The number of nitrogens with zero attached hydrogens (tertiary/aromatic N) is 1. The van der Waals surface area contributed by atoms with Gasteiger partial charge >= 0.3 is 0 Å². The summed E-state index contributed by atoms with van der Waals surface area (Å²) in [5.41, 5.74) is 1.04. The molecule has 0 aliphatic carbocycles. The molecule has 0 aliphatic heterocycles. The molecule has 0 aromatic heterocycles. The van der Waals surface area contributed by atoms with Gasteiger partial charge in [-0.1, -0.05) is 25.1 Å². The van der Waals surface area contributed by atoms with Crippen molar-refractivity contribution in [2.75, 3.05) is 4.72 Å². The highest BCUT2D eigenvalue weighted by molar-refractivity contribution is 7.92. The number of hydrogen-bond donors (Lipinski definition) is 2. The van der Waals surface area contributed by atoms with Crippen LogP contribution in [0.4, 0.5) is 5.69 Å². The summed E-state index contributed by atoms with van der Waals surface area (Å²) >= 11 is 0. The number of aromatic hydroxyl groups is 1. The summed E-state index contributed by atoms with van der Waals surface area (Å²) in [6, 6.07) is 12.5. The third kappa shape index (κ3) is 3.15. The van der Waals surface area contributed by atoms with Crippen LogP contribution in [0.25, 0.3) is 0 Å². The van der Waals surface area contributed by atoms with E-state index in [0.29, 0.717) is 6.42 Å². The van der Waals surface area contributed by atoms with Crippen LogP contribution < -0.4 is 4.72 Å². The maximum Gasteiger partial charge on any atom is 0.263 e. The molecule has 0 saturated heterocycles. The summed E-state index contributed by atoms with van der Waals surface area (Å²) in [6.07, 6.45) is 0.712. The number of phenols is 1. The molecule has 2 aromatic rings. The van der Waals surface area contributed by atoms with Gasteiger partial charge in [0.05, 0.1) is 11.3 Å². The monoisotopic (exact) mass is 302 g/mol. The number of rotatable bonds is 4. The number of phenolic OH excluding ortho intramolecular Hbond substituents is 1. The molecular formula is C15H14N2O3S. The zero-order chi connectivity index (χ0) is 15.5. The van der Waals surface area contributed by atoms with E-state index < -0.39 is 10.0 Å². The molecule has 6 heteroatoms. The maximum absolute atomic E-state index is 12.4. The Labute approximate surface area is 123 Å². The van der Waals surface area contributed by atoms with Crippen molar-refractivity contribution >= 4 is 15.7 Å². The van der Waals surface area contributed by atoms with Gasteiger partial charge in [-0.2, -0.15) is 5.26 Å². The number of nitrogens with one attached hydrogen (secondary N) is 1. The summed E-state index contributed by atoms with van der Waals surface area (Å²) in [5.74, 6) is -0.162. The number of aryl methyl sites for hydroxylation is 1. The maximum atomic E-state index is 12.4. The van der Waals surface area contributed by atoms with Gasteiger partial charge in [0.25, 0.3) is 10.0 Å². The van der Waals surface area contributed by atoms with Gasteiger partial charge in [0.15, 0.2) is 0 Å². The fourth-order valence-corrected chi connectivity index (χ4v) is 3.10. The Kier molecular flexibility index (Phi) is 4.15. The van der Waals surface area contributed by atoms with E-state index in [2.05, 4.69) is 4.72 Å². The minimum absolute atomic E-state index is 0.0520. The number of sulfonamides is 1. The van der Waals surface area contributed by atoms with Crippen LogP contribution in [0.2, 0.25) is 0 Å². The normalized spacial score (nSPS) is 10.9. The second-order valence-electron chi connectivity index (χ2n) is 4.42. The molecule has 0 atom stereocenters. The topological polar surface area (TPSA) is 90.2 Å². The Balaban J connectivity index is 2.45. The highest BCUT2D eigenvalue weighted by atomic mass is 32.2. The second kappa shape index (κ2) is 5.85. The van der Waals surface area contributed by atoms with E-state index in [1.54, 1.807) is 18.2 Å². The Morgan fingerprint density at radius 2 is 1.95 bits per heavy atom. The van der Waals surface area contributed by atoms with E-state index in [0.717, 1.165) is 5.56 Å². The molecule has 0 unspecified atom stereocenters. The molecule has 0 aliphatic rings. The Morgan fingerprint density at radius 1 is 1.24 bits per heavy atom. The van der Waals surface area contributed by atoms with Gasteiger partial charge in [0, 0.05) is 0 Å². The summed E-state index contributed by atoms with van der Waals surface area (Å²) in [6.45, 7) is 1.93. The lowest BCUT2D eigenvalue weighted by Crippen LogP contribution is -2.14. The minimum Gasteiger partial charge on any atom is -0.506 e. The van der Waals surface area contributed by atoms with Gasteiger partial charge in [0.2, 0.25) is 0 Å². The van der Waals surface area contributed by atoms with Crippen molar-refractivity contribution in [2.45, 2.75) is 18.2 Å². The number of anilines is 1. The number of benzene rings is 2. The smallest absolute Gasteiger partial charge is 0.263 e.